The molecule has 128 valence electrons. The van der Waals surface area contributed by atoms with Gasteiger partial charge in [0.05, 0.1) is 19.3 Å². The van der Waals surface area contributed by atoms with E-state index in [2.05, 4.69) is 41.8 Å². The lowest BCUT2D eigenvalue weighted by molar-refractivity contribution is -0.0865. The average Bonchev–Trinajstić information content (AvgIpc) is 2.55. The van der Waals surface area contributed by atoms with E-state index in [-0.39, 0.29) is 0 Å². The number of piperidine rings is 1. The fourth-order valence-electron chi connectivity index (χ4n) is 3.99. The monoisotopic (exact) mass is 318 g/mol. The van der Waals surface area contributed by atoms with Crippen molar-refractivity contribution in [2.75, 3.05) is 33.3 Å². The van der Waals surface area contributed by atoms with Crippen LogP contribution in [0.25, 0.3) is 0 Å². The highest BCUT2D eigenvalue weighted by Gasteiger charge is 2.30. The molecule has 0 aliphatic carbocycles. The molecule has 2 aliphatic rings. The average molecular weight is 318 g/mol. The van der Waals surface area contributed by atoms with E-state index in [9.17, 15) is 0 Å². The van der Waals surface area contributed by atoms with Crippen LogP contribution < -0.4 is 4.74 Å². The third-order valence-corrected chi connectivity index (χ3v) is 5.06. The van der Waals surface area contributed by atoms with Gasteiger partial charge in [-0.1, -0.05) is 12.1 Å². The lowest BCUT2D eigenvalue weighted by atomic mass is 10.0. The maximum atomic E-state index is 5.87. The van der Waals surface area contributed by atoms with E-state index in [0.717, 1.165) is 31.4 Å². The van der Waals surface area contributed by atoms with Gasteiger partial charge in [0.1, 0.15) is 5.75 Å². The van der Waals surface area contributed by atoms with Crippen molar-refractivity contribution in [3.8, 4) is 5.75 Å². The molecule has 0 aromatic heterocycles. The van der Waals surface area contributed by atoms with Crippen LogP contribution in [0, 0.1) is 0 Å². The Labute approximate surface area is 140 Å². The molecule has 0 bridgehead atoms. The van der Waals surface area contributed by atoms with Gasteiger partial charge in [0.15, 0.2) is 0 Å². The molecular weight excluding hydrogens is 288 g/mol. The van der Waals surface area contributed by atoms with Crippen LogP contribution >= 0.6 is 0 Å². The molecule has 2 saturated heterocycles. The molecule has 1 aromatic rings. The number of nitrogens with zero attached hydrogens (tertiary/aromatic N) is 2. The Bertz CT molecular complexity index is 490. The Hall–Kier alpha value is -1.10. The van der Waals surface area contributed by atoms with Gasteiger partial charge in [0.2, 0.25) is 0 Å². The predicted octanol–water partition coefficient (Wildman–Crippen LogP) is 2.77. The van der Waals surface area contributed by atoms with Crippen molar-refractivity contribution in [1.29, 1.82) is 0 Å². The number of morpholine rings is 1. The second-order valence-corrected chi connectivity index (χ2v) is 7.07. The summed E-state index contributed by atoms with van der Waals surface area (Å²) >= 11 is 0. The molecule has 3 rings (SSSR count). The standard InChI is InChI=1S/C19H30N2O2/c1-15-12-21(13-16(2)23-15)18-7-9-20(10-8-18)14-17-5-4-6-19(11-17)22-3/h4-6,11,15-16,18H,7-10,12-14H2,1-3H3/t15-,16-/m0/s1. The lowest BCUT2D eigenvalue weighted by Gasteiger charge is -2.43. The van der Waals surface area contributed by atoms with Crippen molar-refractivity contribution >= 4 is 0 Å². The first-order valence-electron chi connectivity index (χ1n) is 8.89. The molecule has 2 heterocycles. The van der Waals surface area contributed by atoms with E-state index in [4.69, 9.17) is 9.47 Å². The maximum Gasteiger partial charge on any atom is 0.119 e. The fraction of sp³-hybridized carbons (Fsp3) is 0.684. The van der Waals surface area contributed by atoms with Crippen LogP contribution in [0.5, 0.6) is 5.75 Å². The number of likely N-dealkylation sites (tertiary alicyclic amines) is 1. The summed E-state index contributed by atoms with van der Waals surface area (Å²) in [5, 5.41) is 0. The van der Waals surface area contributed by atoms with Crippen LogP contribution in [0.3, 0.4) is 0 Å². The molecule has 2 aliphatic heterocycles. The quantitative estimate of drug-likeness (QED) is 0.852. The minimum Gasteiger partial charge on any atom is -0.497 e. The van der Waals surface area contributed by atoms with Gasteiger partial charge in [0.25, 0.3) is 0 Å². The molecule has 1 aromatic carbocycles. The predicted molar refractivity (Wildman–Crippen MR) is 92.9 cm³/mol. The number of rotatable bonds is 4. The van der Waals surface area contributed by atoms with Crippen molar-refractivity contribution in [3.63, 3.8) is 0 Å². The highest BCUT2D eigenvalue weighted by molar-refractivity contribution is 5.28. The largest absolute Gasteiger partial charge is 0.497 e. The molecule has 0 radical (unpaired) electrons. The second kappa shape index (κ2) is 7.65. The summed E-state index contributed by atoms with van der Waals surface area (Å²) in [7, 11) is 1.73. The summed E-state index contributed by atoms with van der Waals surface area (Å²) in [4.78, 5) is 5.22. The summed E-state index contributed by atoms with van der Waals surface area (Å²) in [5.74, 6) is 0.952. The summed E-state index contributed by atoms with van der Waals surface area (Å²) in [5.41, 5.74) is 1.34. The van der Waals surface area contributed by atoms with Crippen molar-refractivity contribution in [3.05, 3.63) is 29.8 Å². The van der Waals surface area contributed by atoms with E-state index in [1.165, 1.54) is 31.5 Å². The lowest BCUT2D eigenvalue weighted by Crippen LogP contribution is -2.53. The Kier molecular flexibility index (Phi) is 5.57. The topological polar surface area (TPSA) is 24.9 Å². The summed E-state index contributed by atoms with van der Waals surface area (Å²) in [6, 6.07) is 9.16. The van der Waals surface area contributed by atoms with E-state index in [0.29, 0.717) is 12.2 Å². The molecule has 0 N–H and O–H groups in total. The SMILES string of the molecule is COc1cccc(CN2CCC(N3C[C@H](C)O[C@@H](C)C3)CC2)c1. The van der Waals surface area contributed by atoms with Gasteiger partial charge in [-0.2, -0.15) is 0 Å². The van der Waals surface area contributed by atoms with Crippen molar-refractivity contribution in [1.82, 2.24) is 9.80 Å². The molecule has 0 spiro atoms. The Morgan fingerprint density at radius 3 is 2.48 bits per heavy atom. The maximum absolute atomic E-state index is 5.87. The minimum atomic E-state index is 0.369. The van der Waals surface area contributed by atoms with Crippen molar-refractivity contribution in [2.45, 2.75) is 51.5 Å². The first kappa shape index (κ1) is 16.7. The van der Waals surface area contributed by atoms with Crippen molar-refractivity contribution < 1.29 is 9.47 Å². The van der Waals surface area contributed by atoms with Gasteiger partial charge in [-0.05, 0) is 57.5 Å². The molecule has 4 heteroatoms. The van der Waals surface area contributed by atoms with Gasteiger partial charge >= 0.3 is 0 Å². The summed E-state index contributed by atoms with van der Waals surface area (Å²) in [6.07, 6.45) is 3.27. The zero-order chi connectivity index (χ0) is 16.2. The highest BCUT2D eigenvalue weighted by Crippen LogP contribution is 2.23. The zero-order valence-corrected chi connectivity index (χ0v) is 14.7. The van der Waals surface area contributed by atoms with Crippen LogP contribution in [-0.4, -0.2) is 61.3 Å². The van der Waals surface area contributed by atoms with Gasteiger partial charge in [-0.15, -0.1) is 0 Å². The van der Waals surface area contributed by atoms with Crippen molar-refractivity contribution in [2.24, 2.45) is 0 Å². The van der Waals surface area contributed by atoms with Gasteiger partial charge in [-0.25, -0.2) is 0 Å². The molecule has 0 unspecified atom stereocenters. The summed E-state index contributed by atoms with van der Waals surface area (Å²) in [6.45, 7) is 9.96. The Morgan fingerprint density at radius 2 is 1.83 bits per heavy atom. The Morgan fingerprint density at radius 1 is 1.13 bits per heavy atom. The third-order valence-electron chi connectivity index (χ3n) is 5.06. The van der Waals surface area contributed by atoms with Crippen LogP contribution in [0.15, 0.2) is 24.3 Å². The first-order chi connectivity index (χ1) is 11.1. The number of ether oxygens (including phenoxy) is 2. The van der Waals surface area contributed by atoms with Crippen LogP contribution in [0.2, 0.25) is 0 Å². The fourth-order valence-corrected chi connectivity index (χ4v) is 3.99. The minimum absolute atomic E-state index is 0.369. The highest BCUT2D eigenvalue weighted by atomic mass is 16.5. The number of hydrogen-bond donors (Lipinski definition) is 0. The van der Waals surface area contributed by atoms with E-state index in [1.54, 1.807) is 7.11 Å². The van der Waals surface area contributed by atoms with Gasteiger partial charge < -0.3 is 9.47 Å². The summed E-state index contributed by atoms with van der Waals surface area (Å²) < 4.78 is 11.2. The molecule has 2 fully saturated rings. The second-order valence-electron chi connectivity index (χ2n) is 7.07. The number of methoxy groups -OCH3 is 1. The molecule has 4 nitrogen and oxygen atoms in total. The smallest absolute Gasteiger partial charge is 0.119 e. The Balaban J connectivity index is 1.50. The van der Waals surface area contributed by atoms with Crippen LogP contribution in [-0.2, 0) is 11.3 Å². The number of benzene rings is 1. The molecule has 23 heavy (non-hydrogen) atoms. The molecule has 0 amide bonds. The molecule has 0 saturated carbocycles. The van der Waals surface area contributed by atoms with E-state index >= 15 is 0 Å². The van der Waals surface area contributed by atoms with Gasteiger partial charge in [0, 0.05) is 25.7 Å². The van der Waals surface area contributed by atoms with E-state index in [1.807, 2.05) is 6.07 Å². The zero-order valence-electron chi connectivity index (χ0n) is 14.7. The molecule has 2 atom stereocenters. The van der Waals surface area contributed by atoms with E-state index < -0.39 is 0 Å². The van der Waals surface area contributed by atoms with Crippen LogP contribution in [0.1, 0.15) is 32.3 Å². The third kappa shape index (κ3) is 4.46. The first-order valence-corrected chi connectivity index (χ1v) is 8.89. The number of hydrogen-bond acceptors (Lipinski definition) is 4. The normalized spacial score (nSPS) is 28.0. The van der Waals surface area contributed by atoms with Crippen LogP contribution in [0.4, 0.5) is 0 Å². The molecular formula is C19H30N2O2. The van der Waals surface area contributed by atoms with Gasteiger partial charge in [-0.3, -0.25) is 9.80 Å².